The lowest BCUT2D eigenvalue weighted by molar-refractivity contribution is -0.444. The zero-order valence-electron chi connectivity index (χ0n) is 19.6. The summed E-state index contributed by atoms with van der Waals surface area (Å²) in [6, 6.07) is -0.530. The van der Waals surface area contributed by atoms with Gasteiger partial charge in [0.1, 0.15) is 31.4 Å². The van der Waals surface area contributed by atoms with Crippen LogP contribution in [0.3, 0.4) is 0 Å². The van der Waals surface area contributed by atoms with Crippen molar-refractivity contribution in [1.82, 2.24) is 19.4 Å². The number of nitrogens with zero attached hydrogens (tertiary/aromatic N) is 4. The van der Waals surface area contributed by atoms with E-state index in [9.17, 15) is 22.4 Å². The number of ether oxygens (including phenoxy) is 2. The number of carbonyl (C=O) groups excluding carboxylic acids is 2. The molecule has 1 atom stereocenters. The molecule has 3 amide bonds. The predicted octanol–water partition coefficient (Wildman–Crippen LogP) is 0.490. The number of allylic oxidation sites excluding steroid dienone is 2. The van der Waals surface area contributed by atoms with Crippen LogP contribution >= 0.6 is 0 Å². The Morgan fingerprint density at radius 2 is 2.03 bits per heavy atom. The largest absolute Gasteiger partial charge is 0.501 e. The van der Waals surface area contributed by atoms with E-state index < -0.39 is 40.1 Å². The summed E-state index contributed by atoms with van der Waals surface area (Å²) in [5, 5.41) is 4.08. The monoisotopic (exact) mass is 510 g/mol. The molecule has 4 rings (SSSR count). The van der Waals surface area contributed by atoms with Crippen LogP contribution in [0, 0.1) is 5.92 Å². The Morgan fingerprint density at radius 3 is 2.66 bits per heavy atom. The number of sulfonamides is 1. The van der Waals surface area contributed by atoms with E-state index in [1.807, 2.05) is 0 Å². The quantitative estimate of drug-likeness (QED) is 0.321. The fourth-order valence-corrected chi connectivity index (χ4v) is 5.50. The van der Waals surface area contributed by atoms with Gasteiger partial charge in [-0.3, -0.25) is 4.68 Å². The van der Waals surface area contributed by atoms with Gasteiger partial charge < -0.3 is 9.47 Å². The molecule has 11 nitrogen and oxygen atoms in total. The summed E-state index contributed by atoms with van der Waals surface area (Å²) in [5.41, 5.74) is -0.0529. The van der Waals surface area contributed by atoms with Gasteiger partial charge in [-0.2, -0.15) is 19.4 Å². The van der Waals surface area contributed by atoms with Crippen molar-refractivity contribution >= 4 is 27.7 Å². The maximum absolute atomic E-state index is 13.4. The van der Waals surface area contributed by atoms with Crippen molar-refractivity contribution in [1.29, 1.82) is 0 Å². The van der Waals surface area contributed by atoms with Crippen LogP contribution < -0.4 is 4.72 Å². The molecule has 1 fully saturated rings. The topological polar surface area (TPSA) is 123 Å². The number of nitrogens with one attached hydrogen (secondary N) is 1. The van der Waals surface area contributed by atoms with Crippen molar-refractivity contribution in [2.24, 2.45) is 13.0 Å². The number of alkyl halides is 1. The van der Waals surface area contributed by atoms with Crippen LogP contribution in [0.25, 0.3) is 0 Å². The van der Waals surface area contributed by atoms with Gasteiger partial charge in [0, 0.05) is 25.9 Å². The highest BCUT2D eigenvalue weighted by Gasteiger charge is 2.50. The number of methoxy groups -OCH3 is 1. The van der Waals surface area contributed by atoms with Gasteiger partial charge in [-0.05, 0) is 31.1 Å². The van der Waals surface area contributed by atoms with Crippen LogP contribution in [0.2, 0.25) is 0 Å². The van der Waals surface area contributed by atoms with Gasteiger partial charge in [0.05, 0.1) is 36.5 Å². The number of hydrogen-bond acceptors (Lipinski definition) is 7. The number of urea groups is 1. The first-order valence-electron chi connectivity index (χ1n) is 11.2. The predicted molar refractivity (Wildman–Crippen MR) is 123 cm³/mol. The van der Waals surface area contributed by atoms with Crippen molar-refractivity contribution < 1.29 is 36.4 Å². The first-order chi connectivity index (χ1) is 16.7. The number of aryl methyl sites for hydroxylation is 1. The highest BCUT2D eigenvalue weighted by atomic mass is 32.2. The van der Waals surface area contributed by atoms with E-state index in [4.69, 9.17) is 9.47 Å². The molecule has 0 bridgehead atoms. The Morgan fingerprint density at radius 1 is 1.26 bits per heavy atom. The second-order valence-corrected chi connectivity index (χ2v) is 10.5. The minimum atomic E-state index is -4.05. The number of aromatic nitrogens is 2. The minimum Gasteiger partial charge on any atom is -0.382 e. The Balaban J connectivity index is 1.63. The summed E-state index contributed by atoms with van der Waals surface area (Å²) in [5.74, 6) is -1.55. The second-order valence-electron chi connectivity index (χ2n) is 8.81. The molecule has 190 valence electrons. The van der Waals surface area contributed by atoms with Gasteiger partial charge in [0.25, 0.3) is 0 Å². The summed E-state index contributed by atoms with van der Waals surface area (Å²) < 4.78 is 55.0. The number of fused-ring (bicyclic) bond motifs is 1. The molecule has 1 aromatic rings. The van der Waals surface area contributed by atoms with Crippen LogP contribution in [-0.2, 0) is 37.9 Å². The normalized spacial score (nSPS) is 21.4. The molecule has 1 unspecified atom stereocenters. The maximum atomic E-state index is 13.4. The molecule has 2 heterocycles. The lowest BCUT2D eigenvalue weighted by Crippen LogP contribution is -2.54. The van der Waals surface area contributed by atoms with Crippen LogP contribution in [0.5, 0.6) is 0 Å². The van der Waals surface area contributed by atoms with Crippen molar-refractivity contribution in [3.05, 3.63) is 41.1 Å². The van der Waals surface area contributed by atoms with Crippen LogP contribution in [0.15, 0.2) is 35.5 Å². The molecule has 0 saturated heterocycles. The van der Waals surface area contributed by atoms with E-state index in [0.717, 1.165) is 4.90 Å². The number of imide groups is 1. The van der Waals surface area contributed by atoms with Gasteiger partial charge in [0.15, 0.2) is 0 Å². The fraction of sp³-hybridized carbons (Fsp3) is 0.545. The van der Waals surface area contributed by atoms with E-state index >= 15 is 0 Å². The van der Waals surface area contributed by atoms with E-state index in [1.165, 1.54) is 22.8 Å². The van der Waals surface area contributed by atoms with Crippen molar-refractivity contribution in [2.45, 2.75) is 24.9 Å². The van der Waals surface area contributed by atoms with Gasteiger partial charge in [-0.15, -0.1) is 0 Å². The molecule has 35 heavy (non-hydrogen) atoms. The average Bonchev–Trinajstić information content (AvgIpc) is 3.48. The third-order valence-electron chi connectivity index (χ3n) is 6.13. The van der Waals surface area contributed by atoms with Gasteiger partial charge in [-0.1, -0.05) is 0 Å². The number of hydrogen-bond donors (Lipinski definition) is 1. The molecule has 0 spiro atoms. The highest BCUT2D eigenvalue weighted by molar-refractivity contribution is 7.93. The van der Waals surface area contributed by atoms with Crippen molar-refractivity contribution in [3.8, 4) is 0 Å². The van der Waals surface area contributed by atoms with Crippen molar-refractivity contribution in [2.75, 3.05) is 40.1 Å². The maximum Gasteiger partial charge on any atom is 0.501 e. The van der Waals surface area contributed by atoms with Crippen LogP contribution in [0.4, 0.5) is 9.18 Å². The summed E-state index contributed by atoms with van der Waals surface area (Å²) in [6.45, 7) is 0.288. The summed E-state index contributed by atoms with van der Waals surface area (Å²) >= 11 is 0. The average molecular weight is 511 g/mol. The second kappa shape index (κ2) is 10.1. The summed E-state index contributed by atoms with van der Waals surface area (Å²) in [6.07, 6.45) is 8.20. The highest BCUT2D eigenvalue weighted by Crippen LogP contribution is 2.37. The van der Waals surface area contributed by atoms with Crippen molar-refractivity contribution in [3.63, 3.8) is 0 Å². The van der Waals surface area contributed by atoms with Gasteiger partial charge in [-0.25, -0.2) is 22.3 Å². The molecule has 1 aliphatic heterocycles. The minimum absolute atomic E-state index is 0.0147. The van der Waals surface area contributed by atoms with E-state index in [1.54, 1.807) is 31.2 Å². The Labute approximate surface area is 202 Å². The lowest BCUT2D eigenvalue weighted by Gasteiger charge is -2.28. The van der Waals surface area contributed by atoms with Gasteiger partial charge >= 0.3 is 11.9 Å². The molecular weight excluding hydrogens is 481 g/mol. The van der Waals surface area contributed by atoms with Gasteiger partial charge in [0.2, 0.25) is 10.0 Å². The smallest absolute Gasteiger partial charge is 0.382 e. The first kappa shape index (κ1) is 25.4. The van der Waals surface area contributed by atoms with Crippen LogP contribution in [0.1, 0.15) is 18.4 Å². The molecule has 1 aromatic heterocycles. The Hall–Kier alpha value is -2.74. The Bertz CT molecular complexity index is 1200. The van der Waals surface area contributed by atoms with E-state index in [0.29, 0.717) is 37.3 Å². The fourth-order valence-electron chi connectivity index (χ4n) is 3.99. The number of carbonyl (C=O) groups is 2. The summed E-state index contributed by atoms with van der Waals surface area (Å²) in [4.78, 5) is 27.7. The molecule has 3 aliphatic rings. The zero-order chi connectivity index (χ0) is 25.2. The van der Waals surface area contributed by atoms with E-state index in [2.05, 4.69) is 9.82 Å². The number of halogens is 1. The molecule has 1 saturated carbocycles. The molecule has 2 aliphatic carbocycles. The molecule has 0 aromatic carbocycles. The zero-order valence-corrected chi connectivity index (χ0v) is 20.5. The lowest BCUT2D eigenvalue weighted by atomic mass is 9.94. The molecule has 13 heteroatoms. The SMILES string of the molecule is COCCOCC[N+]1=C2C=CC(S(=O)(=O)NC3(CF)CC3)=CC2C(=O)N(Cc2cnn(C)c2)C1=O. The molecular formula is C22H29FN5O6S+. The summed E-state index contributed by atoms with van der Waals surface area (Å²) in [7, 11) is -0.773. The van der Waals surface area contributed by atoms with E-state index in [-0.39, 0.29) is 24.6 Å². The Kier molecular flexibility index (Phi) is 7.31. The number of amides is 3. The first-order valence-corrected chi connectivity index (χ1v) is 12.7. The third kappa shape index (κ3) is 5.42. The van der Waals surface area contributed by atoms with Crippen LogP contribution in [-0.4, -0.2) is 91.0 Å². The molecule has 0 radical (unpaired) electrons. The molecule has 1 N–H and O–H groups in total. The third-order valence-corrected chi connectivity index (χ3v) is 7.73. The standard InChI is InChI=1S/C22H29FN5O6S/c1-26-13-16(12-24-26)14-28-20(29)18-11-17(35(31,32)25-22(15-23)5-6-22)3-4-19(18)27(21(28)30)7-8-34-10-9-33-2/h3-4,11-13,18,25H,5-10,14-15H2,1-2H3/q+1. The number of rotatable bonds is 12.